The van der Waals surface area contributed by atoms with Gasteiger partial charge in [-0.2, -0.15) is 5.10 Å². The lowest BCUT2D eigenvalue weighted by molar-refractivity contribution is -0.118. The van der Waals surface area contributed by atoms with Gasteiger partial charge in [0, 0.05) is 24.8 Å². The highest BCUT2D eigenvalue weighted by molar-refractivity contribution is 7.92. The van der Waals surface area contributed by atoms with E-state index in [1.54, 1.807) is 10.9 Å². The van der Waals surface area contributed by atoms with Gasteiger partial charge in [-0.1, -0.05) is 11.6 Å². The predicted octanol–water partition coefficient (Wildman–Crippen LogP) is 1.60. The van der Waals surface area contributed by atoms with Crippen LogP contribution in [0.3, 0.4) is 0 Å². The average molecular weight is 356 g/mol. The number of rotatable bonds is 7. The molecule has 6 nitrogen and oxygen atoms in total. The van der Waals surface area contributed by atoms with E-state index in [-0.39, 0.29) is 4.90 Å². The largest absolute Gasteiger partial charge is 0.355 e. The van der Waals surface area contributed by atoms with Gasteiger partial charge in [0.1, 0.15) is 5.75 Å². The molecular weight excluding hydrogens is 338 g/mol. The minimum absolute atomic E-state index is 0.0902. The summed E-state index contributed by atoms with van der Waals surface area (Å²) >= 11 is 5.72. The van der Waals surface area contributed by atoms with E-state index in [4.69, 9.17) is 11.6 Å². The van der Waals surface area contributed by atoms with Crippen LogP contribution in [-0.2, 0) is 28.1 Å². The molecule has 1 amide bonds. The minimum atomic E-state index is -3.65. The minimum Gasteiger partial charge on any atom is -0.355 e. The summed E-state index contributed by atoms with van der Waals surface area (Å²) < 4.78 is 25.9. The van der Waals surface area contributed by atoms with Crippen molar-refractivity contribution in [2.75, 3.05) is 12.3 Å². The first-order chi connectivity index (χ1) is 10.9. The normalized spacial score (nSPS) is 11.4. The zero-order valence-corrected chi connectivity index (χ0v) is 14.3. The van der Waals surface area contributed by atoms with E-state index >= 15 is 0 Å². The Morgan fingerprint density at radius 1 is 1.30 bits per heavy atom. The van der Waals surface area contributed by atoms with E-state index in [9.17, 15) is 13.2 Å². The molecule has 0 spiro atoms. The highest BCUT2D eigenvalue weighted by Gasteiger charge is 2.18. The molecule has 23 heavy (non-hydrogen) atoms. The van der Waals surface area contributed by atoms with Crippen molar-refractivity contribution in [2.24, 2.45) is 7.05 Å². The summed E-state index contributed by atoms with van der Waals surface area (Å²) in [5, 5.41) is 7.13. The van der Waals surface area contributed by atoms with Crippen molar-refractivity contribution < 1.29 is 13.2 Å². The van der Waals surface area contributed by atoms with Gasteiger partial charge in [-0.3, -0.25) is 9.48 Å². The zero-order chi connectivity index (χ0) is 16.9. The lowest BCUT2D eigenvalue weighted by Crippen LogP contribution is -2.31. The fourth-order valence-corrected chi connectivity index (χ4v) is 3.36. The van der Waals surface area contributed by atoms with Gasteiger partial charge in [-0.15, -0.1) is 0 Å². The van der Waals surface area contributed by atoms with Gasteiger partial charge in [-0.05, 0) is 42.7 Å². The molecule has 2 rings (SSSR count). The molecule has 0 aliphatic carbocycles. The van der Waals surface area contributed by atoms with E-state index in [0.29, 0.717) is 11.6 Å². The standard InChI is InChI=1S/C15H18ClN3O3S/c1-19-10-12(9-18-19)3-2-8-17-15(20)11-23(21,22)14-6-4-13(16)5-7-14/h4-7,9-10H,2-3,8,11H2,1H3,(H,17,20). The first-order valence-corrected chi connectivity index (χ1v) is 9.12. The van der Waals surface area contributed by atoms with Crippen molar-refractivity contribution in [3.05, 3.63) is 47.2 Å². The number of aryl methyl sites for hydroxylation is 2. The Morgan fingerprint density at radius 2 is 2.00 bits per heavy atom. The molecule has 1 N–H and O–H groups in total. The van der Waals surface area contributed by atoms with E-state index < -0.39 is 21.5 Å². The van der Waals surface area contributed by atoms with Crippen molar-refractivity contribution in [1.29, 1.82) is 0 Å². The monoisotopic (exact) mass is 355 g/mol. The van der Waals surface area contributed by atoms with Crippen LogP contribution in [0.1, 0.15) is 12.0 Å². The number of nitrogens with zero attached hydrogens (tertiary/aromatic N) is 2. The zero-order valence-electron chi connectivity index (χ0n) is 12.7. The second kappa shape index (κ2) is 7.61. The van der Waals surface area contributed by atoms with E-state index in [1.807, 2.05) is 13.2 Å². The smallest absolute Gasteiger partial charge is 0.235 e. The highest BCUT2D eigenvalue weighted by Crippen LogP contribution is 2.15. The number of hydrogen-bond acceptors (Lipinski definition) is 4. The third-order valence-corrected chi connectivity index (χ3v) is 5.10. The molecule has 0 fully saturated rings. The highest BCUT2D eigenvalue weighted by atomic mass is 35.5. The van der Waals surface area contributed by atoms with Gasteiger partial charge in [0.05, 0.1) is 11.1 Å². The molecule has 0 bridgehead atoms. The van der Waals surface area contributed by atoms with Crippen molar-refractivity contribution in [1.82, 2.24) is 15.1 Å². The quantitative estimate of drug-likeness (QED) is 0.765. The van der Waals surface area contributed by atoms with Crippen LogP contribution in [0.15, 0.2) is 41.6 Å². The third kappa shape index (κ3) is 5.37. The average Bonchev–Trinajstić information content (AvgIpc) is 2.89. The molecule has 124 valence electrons. The van der Waals surface area contributed by atoms with Crippen LogP contribution in [0.2, 0.25) is 5.02 Å². The lowest BCUT2D eigenvalue weighted by atomic mass is 10.2. The summed E-state index contributed by atoms with van der Waals surface area (Å²) in [6.07, 6.45) is 5.18. The number of benzene rings is 1. The first-order valence-electron chi connectivity index (χ1n) is 7.09. The molecule has 1 heterocycles. The Hall–Kier alpha value is -1.86. The molecule has 0 aliphatic heterocycles. The van der Waals surface area contributed by atoms with Crippen molar-refractivity contribution >= 4 is 27.3 Å². The van der Waals surface area contributed by atoms with Crippen molar-refractivity contribution in [3.8, 4) is 0 Å². The fourth-order valence-electron chi connectivity index (χ4n) is 2.07. The second-order valence-corrected chi connectivity index (χ2v) is 7.61. The van der Waals surface area contributed by atoms with Crippen LogP contribution in [0.25, 0.3) is 0 Å². The van der Waals surface area contributed by atoms with Gasteiger partial charge in [-0.25, -0.2) is 8.42 Å². The maximum atomic E-state index is 12.1. The summed E-state index contributed by atoms with van der Waals surface area (Å²) in [6, 6.07) is 5.77. The summed E-state index contributed by atoms with van der Waals surface area (Å²) in [5.41, 5.74) is 1.08. The molecule has 0 radical (unpaired) electrons. The van der Waals surface area contributed by atoms with Crippen molar-refractivity contribution in [3.63, 3.8) is 0 Å². The molecule has 0 saturated heterocycles. The van der Waals surface area contributed by atoms with Crippen LogP contribution in [0.5, 0.6) is 0 Å². The molecule has 1 aromatic heterocycles. The van der Waals surface area contributed by atoms with Crippen molar-refractivity contribution in [2.45, 2.75) is 17.7 Å². The Labute approximate surface area is 140 Å². The van der Waals surface area contributed by atoms with Crippen LogP contribution in [-0.4, -0.2) is 36.4 Å². The van der Waals surface area contributed by atoms with Gasteiger partial charge in [0.15, 0.2) is 9.84 Å². The summed E-state index contributed by atoms with van der Waals surface area (Å²) in [6.45, 7) is 0.421. The Morgan fingerprint density at radius 3 is 2.61 bits per heavy atom. The van der Waals surface area contributed by atoms with E-state index in [1.165, 1.54) is 24.3 Å². The first kappa shape index (κ1) is 17.5. The predicted molar refractivity (Wildman–Crippen MR) is 88.0 cm³/mol. The molecule has 0 aliphatic rings. The van der Waals surface area contributed by atoms with Gasteiger partial charge < -0.3 is 5.32 Å². The molecule has 1 aromatic carbocycles. The van der Waals surface area contributed by atoms with Gasteiger partial charge in [0.25, 0.3) is 0 Å². The molecule has 0 unspecified atom stereocenters. The van der Waals surface area contributed by atoms with Crippen LogP contribution >= 0.6 is 11.6 Å². The van der Waals surface area contributed by atoms with Crippen LogP contribution in [0.4, 0.5) is 0 Å². The van der Waals surface area contributed by atoms with Crippen LogP contribution in [0, 0.1) is 0 Å². The second-order valence-electron chi connectivity index (χ2n) is 5.19. The van der Waals surface area contributed by atoms with E-state index in [0.717, 1.165) is 18.4 Å². The summed E-state index contributed by atoms with van der Waals surface area (Å²) in [4.78, 5) is 11.9. The number of nitrogens with one attached hydrogen (secondary N) is 1. The summed E-state index contributed by atoms with van der Waals surface area (Å²) in [5.74, 6) is -1.08. The topological polar surface area (TPSA) is 81.1 Å². The number of aromatic nitrogens is 2. The number of amides is 1. The molecule has 0 atom stereocenters. The number of sulfone groups is 1. The Bertz CT molecular complexity index is 770. The fraction of sp³-hybridized carbons (Fsp3) is 0.333. The molecule has 8 heteroatoms. The summed E-state index contributed by atoms with van der Waals surface area (Å²) in [7, 11) is -1.81. The van der Waals surface area contributed by atoms with Gasteiger partial charge in [0.2, 0.25) is 5.91 Å². The van der Waals surface area contributed by atoms with Gasteiger partial charge >= 0.3 is 0 Å². The molecular formula is C15H18ClN3O3S. The Balaban J connectivity index is 1.78. The van der Waals surface area contributed by atoms with E-state index in [2.05, 4.69) is 10.4 Å². The number of carbonyl (C=O) groups is 1. The molecule has 0 saturated carbocycles. The number of hydrogen-bond donors (Lipinski definition) is 1. The Kier molecular flexibility index (Phi) is 5.79. The third-order valence-electron chi connectivity index (χ3n) is 3.22. The SMILES string of the molecule is Cn1cc(CCCNC(=O)CS(=O)(=O)c2ccc(Cl)cc2)cn1. The number of halogens is 1. The number of carbonyl (C=O) groups excluding carboxylic acids is 1. The lowest BCUT2D eigenvalue weighted by Gasteiger charge is -2.06. The van der Waals surface area contributed by atoms with Crippen LogP contribution < -0.4 is 5.32 Å². The molecule has 2 aromatic rings. The maximum Gasteiger partial charge on any atom is 0.235 e. The maximum absolute atomic E-state index is 12.1.